The van der Waals surface area contributed by atoms with Crippen LogP contribution >= 0.6 is 11.3 Å². The zero-order valence-corrected chi connectivity index (χ0v) is 8.34. The van der Waals surface area contributed by atoms with Crippen LogP contribution in [0.4, 0.5) is 0 Å². The molecule has 1 unspecified atom stereocenters. The maximum absolute atomic E-state index is 11.4. The monoisotopic (exact) mass is 196 g/mol. The number of esters is 1. The molecular weight excluding hydrogens is 184 g/mol. The summed E-state index contributed by atoms with van der Waals surface area (Å²) in [6.07, 6.45) is 1.61. The summed E-state index contributed by atoms with van der Waals surface area (Å²) in [6.45, 7) is 5.83. The molecule has 0 aliphatic heterocycles. The maximum atomic E-state index is 11.4. The van der Waals surface area contributed by atoms with E-state index in [9.17, 15) is 4.79 Å². The van der Waals surface area contributed by atoms with Crippen LogP contribution in [0.25, 0.3) is 0 Å². The SMILES string of the molecule is C=CC(C(=O)OCC)c1ccsc1. The van der Waals surface area contributed by atoms with Gasteiger partial charge in [0, 0.05) is 0 Å². The van der Waals surface area contributed by atoms with Gasteiger partial charge in [-0.05, 0) is 29.3 Å². The first-order chi connectivity index (χ1) is 6.29. The van der Waals surface area contributed by atoms with E-state index in [1.165, 1.54) is 0 Å². The summed E-state index contributed by atoms with van der Waals surface area (Å²) in [6, 6.07) is 1.91. The molecule has 0 aromatic carbocycles. The van der Waals surface area contributed by atoms with Crippen molar-refractivity contribution >= 4 is 17.3 Å². The van der Waals surface area contributed by atoms with Crippen molar-refractivity contribution < 1.29 is 9.53 Å². The fraction of sp³-hybridized carbons (Fsp3) is 0.300. The van der Waals surface area contributed by atoms with Gasteiger partial charge in [0.1, 0.15) is 5.92 Å². The van der Waals surface area contributed by atoms with Crippen LogP contribution in [0.2, 0.25) is 0 Å². The first-order valence-electron chi connectivity index (χ1n) is 4.11. The molecule has 0 spiro atoms. The highest BCUT2D eigenvalue weighted by Gasteiger charge is 2.18. The highest BCUT2D eigenvalue weighted by molar-refractivity contribution is 7.08. The lowest BCUT2D eigenvalue weighted by Crippen LogP contribution is -2.13. The molecule has 0 radical (unpaired) electrons. The molecular formula is C10H12O2S. The molecule has 13 heavy (non-hydrogen) atoms. The number of rotatable bonds is 4. The molecule has 0 aliphatic rings. The van der Waals surface area contributed by atoms with Crippen LogP contribution in [0.15, 0.2) is 29.5 Å². The summed E-state index contributed by atoms with van der Waals surface area (Å²) < 4.78 is 4.91. The number of carbonyl (C=O) groups excluding carboxylic acids is 1. The Morgan fingerprint density at radius 3 is 3.08 bits per heavy atom. The lowest BCUT2D eigenvalue weighted by molar-refractivity contribution is -0.143. The first-order valence-corrected chi connectivity index (χ1v) is 5.05. The molecule has 0 amide bonds. The highest BCUT2D eigenvalue weighted by atomic mass is 32.1. The molecule has 0 aliphatic carbocycles. The fourth-order valence-corrected chi connectivity index (χ4v) is 1.75. The minimum atomic E-state index is -0.314. The number of hydrogen-bond donors (Lipinski definition) is 0. The van der Waals surface area contributed by atoms with E-state index in [1.807, 2.05) is 16.8 Å². The van der Waals surface area contributed by atoms with Gasteiger partial charge in [-0.3, -0.25) is 4.79 Å². The van der Waals surface area contributed by atoms with Gasteiger partial charge in [0.05, 0.1) is 6.61 Å². The van der Waals surface area contributed by atoms with Gasteiger partial charge >= 0.3 is 5.97 Å². The summed E-state index contributed by atoms with van der Waals surface area (Å²) in [5.41, 5.74) is 0.957. The van der Waals surface area contributed by atoms with Crippen molar-refractivity contribution in [2.24, 2.45) is 0 Å². The third kappa shape index (κ3) is 2.42. The molecule has 0 saturated carbocycles. The largest absolute Gasteiger partial charge is 0.465 e. The third-order valence-electron chi connectivity index (χ3n) is 1.68. The van der Waals surface area contributed by atoms with E-state index >= 15 is 0 Å². The number of ether oxygens (including phenoxy) is 1. The van der Waals surface area contributed by atoms with Crippen molar-refractivity contribution in [2.45, 2.75) is 12.8 Å². The Morgan fingerprint density at radius 1 is 1.85 bits per heavy atom. The van der Waals surface area contributed by atoms with Crippen molar-refractivity contribution in [3.05, 3.63) is 35.0 Å². The van der Waals surface area contributed by atoms with Gasteiger partial charge in [-0.1, -0.05) is 6.08 Å². The molecule has 0 N–H and O–H groups in total. The molecule has 1 aromatic heterocycles. The van der Waals surface area contributed by atoms with Crippen LogP contribution < -0.4 is 0 Å². The van der Waals surface area contributed by atoms with Gasteiger partial charge in [0.25, 0.3) is 0 Å². The minimum Gasteiger partial charge on any atom is -0.465 e. The van der Waals surface area contributed by atoms with Crippen molar-refractivity contribution in [1.82, 2.24) is 0 Å². The van der Waals surface area contributed by atoms with Crippen LogP contribution in [-0.4, -0.2) is 12.6 Å². The number of hydrogen-bond acceptors (Lipinski definition) is 3. The van der Waals surface area contributed by atoms with E-state index in [0.717, 1.165) is 5.56 Å². The van der Waals surface area contributed by atoms with Crippen molar-refractivity contribution in [3.8, 4) is 0 Å². The Hall–Kier alpha value is -1.09. The molecule has 0 fully saturated rings. The highest BCUT2D eigenvalue weighted by Crippen LogP contribution is 2.20. The summed E-state index contributed by atoms with van der Waals surface area (Å²) in [5, 5.41) is 3.87. The van der Waals surface area contributed by atoms with E-state index in [0.29, 0.717) is 6.61 Å². The molecule has 3 heteroatoms. The van der Waals surface area contributed by atoms with Gasteiger partial charge in [0.15, 0.2) is 0 Å². The molecule has 70 valence electrons. The normalized spacial score (nSPS) is 12.1. The predicted octanol–water partition coefficient (Wildman–Crippen LogP) is 2.58. The van der Waals surface area contributed by atoms with E-state index in [-0.39, 0.29) is 11.9 Å². The van der Waals surface area contributed by atoms with E-state index < -0.39 is 0 Å². The predicted molar refractivity (Wildman–Crippen MR) is 53.9 cm³/mol. The summed E-state index contributed by atoms with van der Waals surface area (Å²) >= 11 is 1.56. The Kier molecular flexibility index (Phi) is 3.71. The molecule has 1 rings (SSSR count). The molecule has 0 bridgehead atoms. The average molecular weight is 196 g/mol. The Bertz CT molecular complexity index is 277. The number of carbonyl (C=O) groups is 1. The van der Waals surface area contributed by atoms with Gasteiger partial charge in [0.2, 0.25) is 0 Å². The topological polar surface area (TPSA) is 26.3 Å². The Balaban J connectivity index is 2.74. The smallest absolute Gasteiger partial charge is 0.317 e. The van der Waals surface area contributed by atoms with Crippen molar-refractivity contribution in [2.75, 3.05) is 6.61 Å². The molecule has 2 nitrogen and oxygen atoms in total. The van der Waals surface area contributed by atoms with Crippen LogP contribution in [0.3, 0.4) is 0 Å². The molecule has 1 heterocycles. The zero-order chi connectivity index (χ0) is 9.68. The lowest BCUT2D eigenvalue weighted by atomic mass is 10.0. The Morgan fingerprint density at radius 2 is 2.62 bits per heavy atom. The standard InChI is InChI=1S/C10H12O2S/c1-3-9(10(11)12-4-2)8-5-6-13-7-8/h3,5-7,9H,1,4H2,2H3. The maximum Gasteiger partial charge on any atom is 0.317 e. The van der Waals surface area contributed by atoms with Crippen LogP contribution in [0, 0.1) is 0 Å². The molecule has 1 atom stereocenters. The van der Waals surface area contributed by atoms with Gasteiger partial charge in [-0.25, -0.2) is 0 Å². The molecule has 0 saturated heterocycles. The van der Waals surface area contributed by atoms with E-state index in [4.69, 9.17) is 4.74 Å². The number of thiophene rings is 1. The van der Waals surface area contributed by atoms with E-state index in [1.54, 1.807) is 24.3 Å². The van der Waals surface area contributed by atoms with Crippen LogP contribution in [0.1, 0.15) is 18.4 Å². The van der Waals surface area contributed by atoms with Crippen LogP contribution in [0.5, 0.6) is 0 Å². The quantitative estimate of drug-likeness (QED) is 0.546. The van der Waals surface area contributed by atoms with Crippen molar-refractivity contribution in [1.29, 1.82) is 0 Å². The second-order valence-corrected chi connectivity index (χ2v) is 3.30. The summed E-state index contributed by atoms with van der Waals surface area (Å²) in [7, 11) is 0. The summed E-state index contributed by atoms with van der Waals surface area (Å²) in [5.74, 6) is -0.540. The van der Waals surface area contributed by atoms with Gasteiger partial charge in [-0.2, -0.15) is 11.3 Å². The molecule has 1 aromatic rings. The first kappa shape index (κ1) is 9.99. The van der Waals surface area contributed by atoms with Gasteiger partial charge < -0.3 is 4.74 Å². The fourth-order valence-electron chi connectivity index (χ4n) is 1.05. The minimum absolute atomic E-state index is 0.226. The third-order valence-corrected chi connectivity index (χ3v) is 2.38. The lowest BCUT2D eigenvalue weighted by Gasteiger charge is -2.08. The second-order valence-electron chi connectivity index (χ2n) is 2.52. The van der Waals surface area contributed by atoms with Crippen molar-refractivity contribution in [3.63, 3.8) is 0 Å². The average Bonchev–Trinajstić information content (AvgIpc) is 2.59. The Labute approximate surface area is 81.8 Å². The van der Waals surface area contributed by atoms with Gasteiger partial charge in [-0.15, -0.1) is 6.58 Å². The zero-order valence-electron chi connectivity index (χ0n) is 7.53. The second kappa shape index (κ2) is 4.82. The summed E-state index contributed by atoms with van der Waals surface area (Å²) in [4.78, 5) is 11.4. The van der Waals surface area contributed by atoms with E-state index in [2.05, 4.69) is 6.58 Å². The van der Waals surface area contributed by atoms with Crippen LogP contribution in [-0.2, 0) is 9.53 Å².